The molecule has 2 aliphatic heterocycles. The number of esters is 1. The largest absolute Gasteiger partial charge is 0.482 e. The highest BCUT2D eigenvalue weighted by Gasteiger charge is 2.50. The number of urea groups is 1. The molecule has 3 aliphatic rings. The summed E-state index contributed by atoms with van der Waals surface area (Å²) in [4.78, 5) is 54.0. The van der Waals surface area contributed by atoms with Gasteiger partial charge in [0.05, 0.1) is 18.5 Å². The van der Waals surface area contributed by atoms with Crippen molar-refractivity contribution in [2.75, 3.05) is 37.9 Å². The van der Waals surface area contributed by atoms with Crippen LogP contribution in [0.25, 0.3) is 0 Å². The van der Waals surface area contributed by atoms with E-state index >= 15 is 0 Å². The van der Waals surface area contributed by atoms with E-state index in [-0.39, 0.29) is 42.2 Å². The lowest BCUT2D eigenvalue weighted by atomic mass is 10.00. The number of nitrogen functional groups attached to an aromatic ring is 1. The second-order valence-corrected chi connectivity index (χ2v) is 11.7. The number of rotatable bonds is 7. The van der Waals surface area contributed by atoms with Crippen LogP contribution in [0.5, 0.6) is 5.75 Å². The fourth-order valence-corrected chi connectivity index (χ4v) is 6.36. The summed E-state index contributed by atoms with van der Waals surface area (Å²) in [5.74, 6) is -0.679. The Kier molecular flexibility index (Phi) is 7.86. The zero-order valence-corrected chi connectivity index (χ0v) is 24.4. The Morgan fingerprint density at radius 3 is 2.44 bits per heavy atom. The summed E-state index contributed by atoms with van der Waals surface area (Å²) in [6, 6.07) is 8.52. The summed E-state index contributed by atoms with van der Waals surface area (Å²) in [7, 11) is 1.29. The van der Waals surface area contributed by atoms with Crippen LogP contribution in [0.15, 0.2) is 39.3 Å². The molecule has 3 N–H and O–H groups in total. The van der Waals surface area contributed by atoms with Crippen molar-refractivity contribution in [3.05, 3.63) is 50.4 Å². The Hall–Kier alpha value is -3.12. The molecule has 5 rings (SSSR count). The minimum atomic E-state index is -0.486. The normalized spacial score (nSPS) is 20.6. The van der Waals surface area contributed by atoms with Crippen molar-refractivity contribution in [1.82, 2.24) is 9.80 Å². The number of nitrogens with one attached hydrogen (secondary N) is 1. The Labute approximate surface area is 242 Å². The van der Waals surface area contributed by atoms with Gasteiger partial charge in [0.1, 0.15) is 5.75 Å². The molecule has 10 nitrogen and oxygen atoms in total. The molecule has 0 bridgehead atoms. The predicted molar refractivity (Wildman–Crippen MR) is 150 cm³/mol. The molecule has 2 aromatic carbocycles. The van der Waals surface area contributed by atoms with E-state index in [1.54, 1.807) is 29.2 Å². The van der Waals surface area contributed by atoms with Crippen molar-refractivity contribution < 1.29 is 28.7 Å². The number of anilines is 2. The number of ketones is 1. The van der Waals surface area contributed by atoms with Gasteiger partial charge in [-0.1, -0.05) is 6.07 Å². The maximum atomic E-state index is 13.2. The first-order valence-corrected chi connectivity index (χ1v) is 14.2. The number of fused-ring (bicyclic) bond motifs is 1. The van der Waals surface area contributed by atoms with E-state index in [9.17, 15) is 19.2 Å². The minimum Gasteiger partial charge on any atom is -0.482 e. The van der Waals surface area contributed by atoms with Gasteiger partial charge in [-0.15, -0.1) is 0 Å². The molecule has 1 saturated heterocycles. The number of carbonyl (C=O) groups excluding carboxylic acids is 4. The molecule has 1 saturated carbocycles. The third-order valence-electron chi connectivity index (χ3n) is 7.53. The Balaban J connectivity index is 1.14. The van der Waals surface area contributed by atoms with Crippen LogP contribution in [-0.2, 0) is 20.9 Å². The topological polar surface area (TPSA) is 131 Å². The van der Waals surface area contributed by atoms with Crippen molar-refractivity contribution in [1.29, 1.82) is 0 Å². The van der Waals surface area contributed by atoms with Crippen molar-refractivity contribution in [3.8, 4) is 5.75 Å². The number of amides is 3. The Morgan fingerprint density at radius 2 is 1.77 bits per heavy atom. The Morgan fingerprint density at radius 1 is 1.08 bits per heavy atom. The molecule has 0 radical (unpaired) electrons. The van der Waals surface area contributed by atoms with Crippen LogP contribution in [0.1, 0.15) is 35.2 Å². The quantitative estimate of drug-likeness (QED) is 0.258. The minimum absolute atomic E-state index is 0.00133. The summed E-state index contributed by atoms with van der Waals surface area (Å²) in [6.07, 6.45) is 1.88. The molecule has 2 unspecified atom stereocenters. The molecule has 206 valence electrons. The van der Waals surface area contributed by atoms with Crippen LogP contribution >= 0.6 is 31.9 Å². The van der Waals surface area contributed by atoms with Crippen LogP contribution in [0, 0.1) is 11.8 Å². The van der Waals surface area contributed by atoms with Crippen molar-refractivity contribution >= 4 is 66.9 Å². The lowest BCUT2D eigenvalue weighted by Gasteiger charge is -2.40. The zero-order valence-electron chi connectivity index (χ0n) is 21.2. The summed E-state index contributed by atoms with van der Waals surface area (Å²) in [6.45, 7) is 1.32. The van der Waals surface area contributed by atoms with Gasteiger partial charge < -0.3 is 30.3 Å². The van der Waals surface area contributed by atoms with Crippen LogP contribution in [0.4, 0.5) is 16.2 Å². The molecule has 0 aromatic heterocycles. The van der Waals surface area contributed by atoms with Crippen molar-refractivity contribution in [2.24, 2.45) is 11.8 Å². The average Bonchev–Trinajstić information content (AvgIpc) is 3.74. The second kappa shape index (κ2) is 11.2. The number of methoxy groups -OCH3 is 1. The van der Waals surface area contributed by atoms with E-state index in [1.807, 2.05) is 11.0 Å². The van der Waals surface area contributed by atoms with Crippen LogP contribution in [-0.4, -0.2) is 66.3 Å². The van der Waals surface area contributed by atoms with Crippen LogP contribution in [0.2, 0.25) is 0 Å². The Bertz CT molecular complexity index is 1320. The van der Waals surface area contributed by atoms with E-state index in [1.165, 1.54) is 7.11 Å². The molecule has 2 heterocycles. The van der Waals surface area contributed by atoms with Crippen LogP contribution in [0.3, 0.4) is 0 Å². The van der Waals surface area contributed by atoms with Crippen LogP contribution < -0.4 is 15.8 Å². The standard InChI is InChI=1S/C27H28Br2N4O6/c1-38-23(34)13-39-17-3-2-14-12-33(27(37)31-22(14)10-17)16-4-6-32(7-5-16)26(36)19-11-18(19)25(35)15-8-20(28)24(30)21(29)9-15/h2-3,8-10,16,18-19H,4-7,11-13,30H2,1H3,(H,31,37). The smallest absolute Gasteiger partial charge is 0.343 e. The van der Waals surface area contributed by atoms with Gasteiger partial charge >= 0.3 is 12.0 Å². The summed E-state index contributed by atoms with van der Waals surface area (Å²) >= 11 is 6.75. The maximum Gasteiger partial charge on any atom is 0.343 e. The molecule has 2 atom stereocenters. The number of halogens is 2. The molecule has 2 fully saturated rings. The first-order valence-electron chi connectivity index (χ1n) is 12.6. The molecule has 2 aromatic rings. The number of likely N-dealkylation sites (tertiary alicyclic amines) is 1. The predicted octanol–water partition coefficient (Wildman–Crippen LogP) is 4.20. The summed E-state index contributed by atoms with van der Waals surface area (Å²) < 4.78 is 11.3. The van der Waals surface area contributed by atoms with E-state index < -0.39 is 5.97 Å². The maximum absolute atomic E-state index is 13.2. The van der Waals surface area contributed by atoms with Crippen molar-refractivity contribution in [3.63, 3.8) is 0 Å². The number of carbonyl (C=O) groups is 4. The number of nitrogens with zero attached hydrogens (tertiary/aromatic N) is 2. The molecule has 1 aliphatic carbocycles. The number of ether oxygens (including phenoxy) is 2. The fraction of sp³-hybridized carbons (Fsp3) is 0.407. The molecular formula is C27H28Br2N4O6. The second-order valence-electron chi connectivity index (χ2n) is 9.96. The third kappa shape index (κ3) is 5.76. The zero-order chi connectivity index (χ0) is 27.8. The van der Waals surface area contributed by atoms with Gasteiger partial charge in [0, 0.05) is 58.1 Å². The monoisotopic (exact) mass is 662 g/mol. The van der Waals surface area contributed by atoms with Gasteiger partial charge in [-0.3, -0.25) is 9.59 Å². The van der Waals surface area contributed by atoms with E-state index in [0.717, 1.165) is 5.56 Å². The van der Waals surface area contributed by atoms with Gasteiger partial charge in [-0.25, -0.2) is 9.59 Å². The first kappa shape index (κ1) is 27.4. The molecule has 3 amide bonds. The number of Topliss-reactive ketones (excluding diaryl/α,β-unsaturated/α-hetero) is 1. The summed E-state index contributed by atoms with van der Waals surface area (Å²) in [5, 5.41) is 2.91. The average molecular weight is 664 g/mol. The van der Waals surface area contributed by atoms with Crippen molar-refractivity contribution in [2.45, 2.75) is 31.8 Å². The molecule has 12 heteroatoms. The van der Waals surface area contributed by atoms with Gasteiger partial charge in [0.2, 0.25) is 5.91 Å². The number of piperidine rings is 1. The molecular weight excluding hydrogens is 636 g/mol. The molecule has 39 heavy (non-hydrogen) atoms. The first-order chi connectivity index (χ1) is 18.7. The molecule has 0 spiro atoms. The van der Waals surface area contributed by atoms with E-state index in [4.69, 9.17) is 10.5 Å². The summed E-state index contributed by atoms with van der Waals surface area (Å²) in [5.41, 5.74) is 8.58. The highest BCUT2D eigenvalue weighted by molar-refractivity contribution is 9.11. The number of benzene rings is 2. The van der Waals surface area contributed by atoms with E-state index in [2.05, 4.69) is 41.9 Å². The SMILES string of the molecule is COC(=O)COc1ccc2c(c1)NC(=O)N(C1CCN(C(=O)C3CC3C(=O)c3cc(Br)c(N)c(Br)c3)CC1)C2. The fourth-order valence-electron chi connectivity index (χ4n) is 5.17. The number of nitrogens with two attached hydrogens (primary N) is 1. The lowest BCUT2D eigenvalue weighted by molar-refractivity contribution is -0.143. The highest BCUT2D eigenvalue weighted by atomic mass is 79.9. The van der Waals surface area contributed by atoms with Gasteiger partial charge in [0.25, 0.3) is 0 Å². The number of hydrogen-bond donors (Lipinski definition) is 2. The lowest BCUT2D eigenvalue weighted by Crippen LogP contribution is -2.51. The van der Waals surface area contributed by atoms with E-state index in [0.29, 0.717) is 70.5 Å². The van der Waals surface area contributed by atoms with Gasteiger partial charge in [0.15, 0.2) is 12.4 Å². The van der Waals surface area contributed by atoms with Gasteiger partial charge in [-0.05, 0) is 74.9 Å². The van der Waals surface area contributed by atoms with Gasteiger partial charge in [-0.2, -0.15) is 0 Å². The highest BCUT2D eigenvalue weighted by Crippen LogP contribution is 2.44. The third-order valence-corrected chi connectivity index (χ3v) is 8.85. The number of hydrogen-bond acceptors (Lipinski definition) is 7.